The van der Waals surface area contributed by atoms with E-state index < -0.39 is 0 Å². The molecular formula is C24H27N5O2. The normalized spacial score (nSPS) is 15.9. The number of likely N-dealkylation sites (tertiary alicyclic amines) is 1. The van der Waals surface area contributed by atoms with Crippen LogP contribution in [0.1, 0.15) is 51.9 Å². The molecule has 31 heavy (non-hydrogen) atoms. The quantitative estimate of drug-likeness (QED) is 0.698. The van der Waals surface area contributed by atoms with Crippen molar-refractivity contribution in [2.45, 2.75) is 39.7 Å². The summed E-state index contributed by atoms with van der Waals surface area (Å²) in [6, 6.07) is 11.3. The molecule has 7 nitrogen and oxygen atoms in total. The van der Waals surface area contributed by atoms with Gasteiger partial charge >= 0.3 is 0 Å². The van der Waals surface area contributed by atoms with Crippen LogP contribution in [0.15, 0.2) is 47.4 Å². The van der Waals surface area contributed by atoms with Gasteiger partial charge in [0, 0.05) is 36.9 Å². The average molecular weight is 418 g/mol. The number of aromatic nitrogens is 3. The number of aryl methyl sites for hydroxylation is 3. The monoisotopic (exact) mass is 417 g/mol. The van der Waals surface area contributed by atoms with E-state index in [-0.39, 0.29) is 23.1 Å². The van der Waals surface area contributed by atoms with Gasteiger partial charge in [-0.15, -0.1) is 0 Å². The Hall–Kier alpha value is -3.48. The molecule has 1 aliphatic rings. The summed E-state index contributed by atoms with van der Waals surface area (Å²) < 4.78 is 1.53. The standard InChI is InChI=1S/C24H27N5O2/c1-15-12-17(3)28(4)23(30)22(15)24(31)29-11-7-8-20(29)19-14-18(13-16(2)26-19)27-21-9-5-6-10-25-21/h5-6,9-10,12-14,20H,7-8,11H2,1-4H3,(H,25,26,27). The average Bonchev–Trinajstić information content (AvgIpc) is 3.22. The summed E-state index contributed by atoms with van der Waals surface area (Å²) in [7, 11) is 1.70. The minimum absolute atomic E-state index is 0.165. The van der Waals surface area contributed by atoms with Crippen LogP contribution in [-0.4, -0.2) is 31.9 Å². The molecule has 7 heteroatoms. The van der Waals surface area contributed by atoms with Crippen LogP contribution >= 0.6 is 0 Å². The Morgan fingerprint density at radius 1 is 1.16 bits per heavy atom. The van der Waals surface area contributed by atoms with Gasteiger partial charge < -0.3 is 14.8 Å². The number of hydrogen-bond acceptors (Lipinski definition) is 5. The second-order valence-corrected chi connectivity index (χ2v) is 8.13. The number of rotatable bonds is 4. The van der Waals surface area contributed by atoms with Crippen LogP contribution in [0.3, 0.4) is 0 Å². The molecule has 160 valence electrons. The summed E-state index contributed by atoms with van der Waals surface area (Å²) in [5.41, 5.74) is 4.11. The lowest BCUT2D eigenvalue weighted by molar-refractivity contribution is 0.0729. The molecule has 3 aromatic heterocycles. The van der Waals surface area contributed by atoms with Crippen LogP contribution in [-0.2, 0) is 7.05 Å². The van der Waals surface area contributed by atoms with Crippen LogP contribution in [0.4, 0.5) is 11.5 Å². The number of nitrogens with one attached hydrogen (secondary N) is 1. The number of hydrogen-bond donors (Lipinski definition) is 1. The Kier molecular flexibility index (Phi) is 5.59. The zero-order valence-corrected chi connectivity index (χ0v) is 18.3. The van der Waals surface area contributed by atoms with E-state index in [1.165, 1.54) is 4.57 Å². The Labute approximate surface area is 181 Å². The summed E-state index contributed by atoms with van der Waals surface area (Å²) in [4.78, 5) is 37.1. The number of amides is 1. The molecule has 0 saturated carbocycles. The molecule has 1 fully saturated rings. The number of nitrogens with zero attached hydrogens (tertiary/aromatic N) is 4. The maximum Gasteiger partial charge on any atom is 0.263 e. The van der Waals surface area contributed by atoms with Crippen molar-refractivity contribution < 1.29 is 4.79 Å². The van der Waals surface area contributed by atoms with E-state index in [1.807, 2.05) is 57.2 Å². The second kappa shape index (κ2) is 8.34. The first-order valence-corrected chi connectivity index (χ1v) is 10.5. The Balaban J connectivity index is 1.67. The molecular weight excluding hydrogens is 390 g/mol. The third-order valence-corrected chi connectivity index (χ3v) is 5.85. The maximum atomic E-state index is 13.5. The largest absolute Gasteiger partial charge is 0.340 e. The Morgan fingerprint density at radius 2 is 1.97 bits per heavy atom. The fourth-order valence-electron chi connectivity index (χ4n) is 4.22. The van der Waals surface area contributed by atoms with Gasteiger partial charge in [0.2, 0.25) is 0 Å². The van der Waals surface area contributed by atoms with E-state index in [0.29, 0.717) is 12.1 Å². The molecule has 3 aromatic rings. The molecule has 4 rings (SSSR count). The lowest BCUT2D eigenvalue weighted by Crippen LogP contribution is -2.37. The fraction of sp³-hybridized carbons (Fsp3) is 0.333. The van der Waals surface area contributed by atoms with Gasteiger partial charge in [-0.25, -0.2) is 4.98 Å². The lowest BCUT2D eigenvalue weighted by atomic mass is 10.1. The number of pyridine rings is 3. The molecule has 0 radical (unpaired) electrons. The molecule has 1 unspecified atom stereocenters. The van der Waals surface area contributed by atoms with Crippen molar-refractivity contribution in [3.05, 3.63) is 81.2 Å². The molecule has 0 aromatic carbocycles. The smallest absolute Gasteiger partial charge is 0.263 e. The first-order valence-electron chi connectivity index (χ1n) is 10.5. The number of anilines is 2. The first-order chi connectivity index (χ1) is 14.8. The first kappa shape index (κ1) is 20.8. The molecule has 0 spiro atoms. The van der Waals surface area contributed by atoms with Gasteiger partial charge in [-0.1, -0.05) is 6.07 Å². The SMILES string of the molecule is Cc1cc(Nc2ccccn2)cc(C2CCCN2C(=O)c2c(C)cc(C)n(C)c2=O)n1. The highest BCUT2D eigenvalue weighted by Gasteiger charge is 2.34. The molecule has 4 heterocycles. The van der Waals surface area contributed by atoms with E-state index in [1.54, 1.807) is 18.1 Å². The van der Waals surface area contributed by atoms with Crippen LogP contribution in [0.2, 0.25) is 0 Å². The molecule has 0 aliphatic carbocycles. The van der Waals surface area contributed by atoms with Gasteiger partial charge in [0.15, 0.2) is 0 Å². The number of carbonyl (C=O) groups is 1. The zero-order valence-electron chi connectivity index (χ0n) is 18.3. The van der Waals surface area contributed by atoms with Crippen LogP contribution < -0.4 is 10.9 Å². The molecule has 1 aliphatic heterocycles. The van der Waals surface area contributed by atoms with Crippen molar-refractivity contribution in [2.24, 2.45) is 7.05 Å². The van der Waals surface area contributed by atoms with E-state index in [4.69, 9.17) is 4.98 Å². The van der Waals surface area contributed by atoms with E-state index >= 15 is 0 Å². The lowest BCUT2D eigenvalue weighted by Gasteiger charge is -2.26. The Morgan fingerprint density at radius 3 is 2.71 bits per heavy atom. The highest BCUT2D eigenvalue weighted by Crippen LogP contribution is 2.34. The minimum Gasteiger partial charge on any atom is -0.340 e. The van der Waals surface area contributed by atoms with E-state index in [2.05, 4.69) is 10.3 Å². The molecule has 1 N–H and O–H groups in total. The van der Waals surface area contributed by atoms with E-state index in [9.17, 15) is 9.59 Å². The van der Waals surface area contributed by atoms with E-state index in [0.717, 1.165) is 41.4 Å². The van der Waals surface area contributed by atoms with Crippen molar-refractivity contribution in [2.75, 3.05) is 11.9 Å². The third kappa shape index (κ3) is 4.08. The predicted octanol–water partition coefficient (Wildman–Crippen LogP) is 3.82. The van der Waals surface area contributed by atoms with Gasteiger partial charge in [-0.2, -0.15) is 0 Å². The number of carbonyl (C=O) groups excluding carboxylic acids is 1. The minimum atomic E-state index is -0.247. The summed E-state index contributed by atoms with van der Waals surface area (Å²) in [6.45, 7) is 6.24. The topological polar surface area (TPSA) is 80.1 Å². The Bertz CT molecular complexity index is 1190. The summed E-state index contributed by atoms with van der Waals surface area (Å²) in [6.07, 6.45) is 3.43. The van der Waals surface area contributed by atoms with Crippen LogP contribution in [0.25, 0.3) is 0 Å². The summed E-state index contributed by atoms with van der Waals surface area (Å²) >= 11 is 0. The summed E-state index contributed by atoms with van der Waals surface area (Å²) in [5.74, 6) is 0.528. The van der Waals surface area contributed by atoms with Gasteiger partial charge in [0.1, 0.15) is 11.4 Å². The van der Waals surface area contributed by atoms with Gasteiger partial charge in [0.25, 0.3) is 11.5 Å². The van der Waals surface area contributed by atoms with Gasteiger partial charge in [-0.05, 0) is 69.5 Å². The van der Waals surface area contributed by atoms with Gasteiger partial charge in [-0.3, -0.25) is 14.6 Å². The fourth-order valence-corrected chi connectivity index (χ4v) is 4.22. The second-order valence-electron chi connectivity index (χ2n) is 8.13. The highest BCUT2D eigenvalue weighted by atomic mass is 16.2. The van der Waals surface area contributed by atoms with Gasteiger partial charge in [0.05, 0.1) is 11.7 Å². The van der Waals surface area contributed by atoms with Crippen molar-refractivity contribution in [1.29, 1.82) is 0 Å². The van der Waals surface area contributed by atoms with Crippen molar-refractivity contribution >= 4 is 17.4 Å². The predicted molar refractivity (Wildman–Crippen MR) is 121 cm³/mol. The van der Waals surface area contributed by atoms with Crippen molar-refractivity contribution in [3.63, 3.8) is 0 Å². The third-order valence-electron chi connectivity index (χ3n) is 5.85. The van der Waals surface area contributed by atoms with Crippen molar-refractivity contribution in [1.82, 2.24) is 19.4 Å². The van der Waals surface area contributed by atoms with Crippen molar-refractivity contribution in [3.8, 4) is 0 Å². The molecule has 0 bridgehead atoms. The molecule has 1 amide bonds. The zero-order chi connectivity index (χ0) is 22.1. The molecule has 1 saturated heterocycles. The van der Waals surface area contributed by atoms with Crippen LogP contribution in [0, 0.1) is 20.8 Å². The summed E-state index contributed by atoms with van der Waals surface area (Å²) in [5, 5.41) is 3.31. The highest BCUT2D eigenvalue weighted by molar-refractivity contribution is 5.95. The molecule has 1 atom stereocenters. The maximum absolute atomic E-state index is 13.5. The van der Waals surface area contributed by atoms with Crippen LogP contribution in [0.5, 0.6) is 0 Å².